The third kappa shape index (κ3) is 5.67. The topological polar surface area (TPSA) is 32.6 Å². The van der Waals surface area contributed by atoms with Gasteiger partial charge in [0.25, 0.3) is 0 Å². The van der Waals surface area contributed by atoms with Crippen LogP contribution in [0.1, 0.15) is 36.5 Å². The second-order valence-corrected chi connectivity index (χ2v) is 8.27. The molecule has 2 rings (SSSR count). The number of aryl methyl sites for hydroxylation is 1. The molecule has 10 heteroatoms. The van der Waals surface area contributed by atoms with Crippen molar-refractivity contribution < 1.29 is 44.1 Å². The zero-order chi connectivity index (χ0) is 20.9. The second kappa shape index (κ2) is 10.4. The molecule has 0 atom stereocenters. The molecule has 1 N–H and O–H groups in total. The molecule has 0 aliphatic rings. The summed E-state index contributed by atoms with van der Waals surface area (Å²) in [6.45, 7) is 5.40. The molecule has 0 aromatic heterocycles. The maximum atomic E-state index is 13.6. The number of halogens is 7. The number of phenols is 1. The van der Waals surface area contributed by atoms with E-state index in [0.29, 0.717) is 5.56 Å². The van der Waals surface area contributed by atoms with Crippen LogP contribution in [-0.4, -0.2) is 11.3 Å². The van der Waals surface area contributed by atoms with Crippen molar-refractivity contribution in [3.63, 3.8) is 0 Å². The van der Waals surface area contributed by atoms with Crippen LogP contribution in [-0.2, 0) is 17.0 Å². The van der Waals surface area contributed by atoms with E-state index in [2.05, 4.69) is 4.99 Å². The van der Waals surface area contributed by atoms with Crippen LogP contribution in [0.25, 0.3) is 0 Å². The first-order chi connectivity index (χ1) is 12.6. The fourth-order valence-electron chi connectivity index (χ4n) is 2.21. The molecule has 2 nitrogen and oxygen atoms in total. The Morgan fingerprint density at radius 3 is 1.85 bits per heavy atom. The zero-order valence-corrected chi connectivity index (χ0v) is 17.4. The predicted octanol–water partition coefficient (Wildman–Crippen LogP) is 6.65. The molecule has 0 fully saturated rings. The summed E-state index contributed by atoms with van der Waals surface area (Å²) in [5.74, 6) is -10.6. The van der Waals surface area contributed by atoms with Crippen molar-refractivity contribution >= 4 is 30.5 Å². The Bertz CT molecular complexity index is 833. The van der Waals surface area contributed by atoms with E-state index in [-0.39, 0.29) is 17.2 Å². The van der Waals surface area contributed by atoms with Crippen molar-refractivity contribution in [2.24, 2.45) is 4.99 Å². The van der Waals surface area contributed by atoms with Crippen LogP contribution in [0.4, 0.5) is 27.6 Å². The number of nitrogens with zero attached hydrogens (tertiary/aromatic N) is 1. The molecule has 0 spiro atoms. The van der Waals surface area contributed by atoms with E-state index in [1.54, 1.807) is 13.0 Å². The Morgan fingerprint density at radius 2 is 1.41 bits per heavy atom. The second-order valence-electron chi connectivity index (χ2n) is 5.69. The van der Waals surface area contributed by atoms with Crippen LogP contribution in [0.5, 0.6) is 5.75 Å². The number of aliphatic imine (C=N–C) groups is 1. The summed E-state index contributed by atoms with van der Waals surface area (Å²) < 4.78 is 66.5. The van der Waals surface area contributed by atoms with Crippen molar-refractivity contribution in [2.45, 2.75) is 26.7 Å². The SMILES string of the molecule is Cc1cc(C=Nc2c(F)c(F)c(F)c(F)c2F)c(O)c(C(C)C)c1.[Cl][Ti][Cl]. The average molecular weight is 462 g/mol. The van der Waals surface area contributed by atoms with Crippen LogP contribution in [0.3, 0.4) is 0 Å². The number of aromatic hydroxyl groups is 1. The zero-order valence-electron chi connectivity index (χ0n) is 14.3. The maximum absolute atomic E-state index is 13.6. The summed E-state index contributed by atoms with van der Waals surface area (Å²) in [5.41, 5.74) is 0.130. The van der Waals surface area contributed by atoms with Crippen molar-refractivity contribution in [1.82, 2.24) is 0 Å². The molecule has 0 amide bonds. The molecular formula is C17H14Cl2F5NOTi. The van der Waals surface area contributed by atoms with Gasteiger partial charge in [0.15, 0.2) is 23.3 Å². The fourth-order valence-corrected chi connectivity index (χ4v) is 2.21. The molecular weight excluding hydrogens is 448 g/mol. The minimum absolute atomic E-state index is 0.0359. The van der Waals surface area contributed by atoms with Gasteiger partial charge in [-0.15, -0.1) is 0 Å². The van der Waals surface area contributed by atoms with E-state index in [9.17, 15) is 27.1 Å². The monoisotopic (exact) mass is 461 g/mol. The summed E-state index contributed by atoms with van der Waals surface area (Å²) in [4.78, 5) is 3.36. The Balaban J connectivity index is 0.00000114. The third-order valence-corrected chi connectivity index (χ3v) is 3.45. The van der Waals surface area contributed by atoms with Crippen LogP contribution < -0.4 is 0 Å². The van der Waals surface area contributed by atoms with Gasteiger partial charge in [-0.3, -0.25) is 0 Å². The minimum atomic E-state index is -2.25. The van der Waals surface area contributed by atoms with Crippen molar-refractivity contribution in [3.8, 4) is 5.75 Å². The molecule has 146 valence electrons. The number of phenolic OH excluding ortho intramolecular Hbond substituents is 1. The van der Waals surface area contributed by atoms with Crippen molar-refractivity contribution in [2.75, 3.05) is 0 Å². The molecule has 0 saturated heterocycles. The van der Waals surface area contributed by atoms with E-state index in [0.717, 1.165) is 11.8 Å². The van der Waals surface area contributed by atoms with E-state index in [4.69, 9.17) is 18.6 Å². The molecule has 27 heavy (non-hydrogen) atoms. The van der Waals surface area contributed by atoms with E-state index < -0.39 is 51.8 Å². The quantitative estimate of drug-likeness (QED) is 0.179. The molecule has 0 aliphatic carbocycles. The third-order valence-electron chi connectivity index (χ3n) is 3.45. The summed E-state index contributed by atoms with van der Waals surface area (Å²) >= 11 is -0.556. The summed E-state index contributed by atoms with van der Waals surface area (Å²) in [7, 11) is 9.78. The van der Waals surface area contributed by atoms with Gasteiger partial charge in [-0.05, 0) is 30.0 Å². The molecule has 0 heterocycles. The fraction of sp³-hybridized carbons (Fsp3) is 0.235. The number of hydrogen-bond acceptors (Lipinski definition) is 2. The Hall–Kier alpha value is -1.15. The Labute approximate surface area is 169 Å². The molecule has 0 aliphatic heterocycles. The van der Waals surface area contributed by atoms with E-state index >= 15 is 0 Å². The van der Waals surface area contributed by atoms with Gasteiger partial charge in [-0.1, -0.05) is 19.9 Å². The number of hydrogen-bond donors (Lipinski definition) is 1. The van der Waals surface area contributed by atoms with Gasteiger partial charge < -0.3 is 5.11 Å². The van der Waals surface area contributed by atoms with Gasteiger partial charge in [-0.25, -0.2) is 26.9 Å². The molecule has 0 unspecified atom stereocenters. The average Bonchev–Trinajstić information content (AvgIpc) is 2.61. The summed E-state index contributed by atoms with van der Waals surface area (Å²) in [6, 6.07) is 3.21. The van der Waals surface area contributed by atoms with Crippen LogP contribution in [0, 0.1) is 36.0 Å². The van der Waals surface area contributed by atoms with E-state index in [1.165, 1.54) is 6.07 Å². The summed E-state index contributed by atoms with van der Waals surface area (Å²) in [6.07, 6.45) is 0.868. The van der Waals surface area contributed by atoms with Gasteiger partial charge in [0.2, 0.25) is 5.82 Å². The van der Waals surface area contributed by atoms with Gasteiger partial charge in [-0.2, -0.15) is 0 Å². The first-order valence-electron chi connectivity index (χ1n) is 7.42. The van der Waals surface area contributed by atoms with Gasteiger partial charge in [0.05, 0.1) is 0 Å². The van der Waals surface area contributed by atoms with Crippen molar-refractivity contribution in [1.29, 1.82) is 0 Å². The molecule has 2 aromatic carbocycles. The van der Waals surface area contributed by atoms with Crippen LogP contribution in [0.15, 0.2) is 17.1 Å². The first kappa shape index (κ1) is 23.9. The van der Waals surface area contributed by atoms with Crippen LogP contribution in [0.2, 0.25) is 0 Å². The molecule has 0 saturated carbocycles. The Morgan fingerprint density at radius 1 is 0.963 bits per heavy atom. The predicted molar refractivity (Wildman–Crippen MR) is 92.1 cm³/mol. The number of rotatable bonds is 3. The molecule has 0 bridgehead atoms. The first-order valence-corrected chi connectivity index (χ1v) is 11.7. The van der Waals surface area contributed by atoms with Crippen LogP contribution >= 0.6 is 18.6 Å². The normalized spacial score (nSPS) is 10.9. The van der Waals surface area contributed by atoms with Crippen molar-refractivity contribution in [3.05, 3.63) is 57.9 Å². The molecule has 2 aromatic rings. The number of benzene rings is 2. The van der Waals surface area contributed by atoms with E-state index in [1.807, 2.05) is 13.8 Å². The standard InChI is InChI=1S/C17H14F5NO.2ClH.Ti/c1-7(2)10-5-8(3)4-9(17(10)24)6-23-16-14(21)12(19)11(18)13(20)15(16)22;;;/h4-7,24H,1-3H3;2*1H;/q;;;+2/p-2. The summed E-state index contributed by atoms with van der Waals surface area (Å²) in [5, 5.41) is 10.2. The Kier molecular flexibility index (Phi) is 9.21. The van der Waals surface area contributed by atoms with Gasteiger partial charge in [0, 0.05) is 11.8 Å². The van der Waals surface area contributed by atoms with Gasteiger partial charge in [0.1, 0.15) is 11.4 Å². The molecule has 0 radical (unpaired) electrons. The van der Waals surface area contributed by atoms with Gasteiger partial charge >= 0.3 is 35.6 Å².